The predicted octanol–water partition coefficient (Wildman–Crippen LogP) is 2.83. The first-order chi connectivity index (χ1) is 8.76. The van der Waals surface area contributed by atoms with Gasteiger partial charge >= 0.3 is 0 Å². The highest BCUT2D eigenvalue weighted by Gasteiger charge is 2.20. The van der Waals surface area contributed by atoms with Crippen LogP contribution in [0.15, 0.2) is 29.2 Å². The minimum absolute atomic E-state index is 0.0845. The molecule has 0 aliphatic carbocycles. The molecule has 0 radical (unpaired) electrons. The van der Waals surface area contributed by atoms with E-state index in [1.807, 2.05) is 33.8 Å². The van der Waals surface area contributed by atoms with Crippen molar-refractivity contribution >= 4 is 15.7 Å². The first-order valence-corrected chi connectivity index (χ1v) is 8.07. The number of hydrogen-bond acceptors (Lipinski definition) is 3. The van der Waals surface area contributed by atoms with Gasteiger partial charge in [-0.2, -0.15) is 0 Å². The number of hydrogen-bond donors (Lipinski definition) is 2. The molecule has 0 aliphatic heterocycles. The largest absolute Gasteiger partial charge is 0.384 e. The van der Waals surface area contributed by atoms with Gasteiger partial charge in [-0.3, -0.25) is 0 Å². The van der Waals surface area contributed by atoms with Crippen LogP contribution in [0.5, 0.6) is 0 Å². The van der Waals surface area contributed by atoms with Gasteiger partial charge in [-0.05, 0) is 24.0 Å². The lowest BCUT2D eigenvalue weighted by molar-refractivity contribution is 0.407. The van der Waals surface area contributed by atoms with Gasteiger partial charge < -0.3 is 5.32 Å². The van der Waals surface area contributed by atoms with Crippen molar-refractivity contribution in [3.8, 4) is 0 Å². The molecule has 5 heteroatoms. The minimum Gasteiger partial charge on any atom is -0.384 e. The van der Waals surface area contributed by atoms with Crippen molar-refractivity contribution in [1.82, 2.24) is 4.72 Å². The summed E-state index contributed by atoms with van der Waals surface area (Å²) in [6, 6.07) is 6.99. The zero-order chi connectivity index (χ0) is 14.5. The Labute approximate surface area is 116 Å². The Morgan fingerprint density at radius 1 is 1.16 bits per heavy atom. The Morgan fingerprint density at radius 2 is 1.79 bits per heavy atom. The first kappa shape index (κ1) is 16.0. The molecule has 0 spiro atoms. The number of anilines is 1. The molecule has 0 heterocycles. The number of nitrogens with one attached hydrogen (secondary N) is 2. The van der Waals surface area contributed by atoms with Crippen LogP contribution >= 0.6 is 0 Å². The van der Waals surface area contributed by atoms with Crippen LogP contribution in [0.25, 0.3) is 0 Å². The number of para-hydroxylation sites is 1. The number of rotatable bonds is 6. The summed E-state index contributed by atoms with van der Waals surface area (Å²) in [5.41, 5.74) is 0.574. The molecule has 108 valence electrons. The van der Waals surface area contributed by atoms with Crippen LogP contribution in [0.1, 0.15) is 34.1 Å². The Morgan fingerprint density at radius 3 is 2.37 bits per heavy atom. The highest BCUT2D eigenvalue weighted by Crippen LogP contribution is 2.21. The van der Waals surface area contributed by atoms with E-state index in [9.17, 15) is 8.42 Å². The van der Waals surface area contributed by atoms with Crippen molar-refractivity contribution in [2.75, 3.05) is 18.4 Å². The SMILES string of the molecule is CCCNc1ccccc1S(=O)(=O)NCC(C)(C)C. The van der Waals surface area contributed by atoms with Crippen LogP contribution in [0.4, 0.5) is 5.69 Å². The molecule has 0 unspecified atom stereocenters. The van der Waals surface area contributed by atoms with Gasteiger partial charge in [-0.1, -0.05) is 39.8 Å². The van der Waals surface area contributed by atoms with E-state index in [2.05, 4.69) is 10.0 Å². The Balaban J connectivity index is 2.94. The monoisotopic (exact) mass is 284 g/mol. The second kappa shape index (κ2) is 6.39. The van der Waals surface area contributed by atoms with Gasteiger partial charge in [0.2, 0.25) is 10.0 Å². The number of benzene rings is 1. The molecule has 4 nitrogen and oxygen atoms in total. The second-order valence-electron chi connectivity index (χ2n) is 5.81. The van der Waals surface area contributed by atoms with Crippen molar-refractivity contribution in [3.05, 3.63) is 24.3 Å². The van der Waals surface area contributed by atoms with Gasteiger partial charge in [0.1, 0.15) is 4.90 Å². The predicted molar refractivity (Wildman–Crippen MR) is 79.9 cm³/mol. The van der Waals surface area contributed by atoms with E-state index in [4.69, 9.17) is 0 Å². The van der Waals surface area contributed by atoms with E-state index in [0.29, 0.717) is 17.1 Å². The van der Waals surface area contributed by atoms with Crippen LogP contribution in [0, 0.1) is 5.41 Å². The molecule has 1 aromatic carbocycles. The van der Waals surface area contributed by atoms with Crippen LogP contribution in [0.3, 0.4) is 0 Å². The van der Waals surface area contributed by atoms with Crippen molar-refractivity contribution < 1.29 is 8.42 Å². The van der Waals surface area contributed by atoms with Crippen LogP contribution in [-0.4, -0.2) is 21.5 Å². The summed E-state index contributed by atoms with van der Waals surface area (Å²) < 4.78 is 27.3. The molecule has 0 amide bonds. The molecular formula is C14H24N2O2S. The third-order valence-electron chi connectivity index (χ3n) is 2.53. The molecule has 0 saturated carbocycles. The maximum Gasteiger partial charge on any atom is 0.242 e. The summed E-state index contributed by atoms with van der Waals surface area (Å²) in [4.78, 5) is 0.313. The molecule has 0 saturated heterocycles. The van der Waals surface area contributed by atoms with E-state index >= 15 is 0 Å². The summed E-state index contributed by atoms with van der Waals surface area (Å²) in [5, 5.41) is 3.15. The average Bonchev–Trinajstić information content (AvgIpc) is 2.34. The maximum atomic E-state index is 12.3. The topological polar surface area (TPSA) is 58.2 Å². The third-order valence-corrected chi connectivity index (χ3v) is 3.99. The second-order valence-corrected chi connectivity index (χ2v) is 7.54. The summed E-state index contributed by atoms with van der Waals surface area (Å²) in [7, 11) is -3.47. The summed E-state index contributed by atoms with van der Waals surface area (Å²) in [6.45, 7) is 9.20. The van der Waals surface area contributed by atoms with E-state index in [-0.39, 0.29) is 5.41 Å². The normalized spacial score (nSPS) is 12.4. The van der Waals surface area contributed by atoms with Gasteiger partial charge in [-0.25, -0.2) is 13.1 Å². The molecule has 2 N–H and O–H groups in total. The Hall–Kier alpha value is -1.07. The van der Waals surface area contributed by atoms with E-state index in [1.165, 1.54) is 0 Å². The van der Waals surface area contributed by atoms with Gasteiger partial charge in [0, 0.05) is 13.1 Å². The van der Waals surface area contributed by atoms with Crippen LogP contribution in [0.2, 0.25) is 0 Å². The lowest BCUT2D eigenvalue weighted by Gasteiger charge is -2.19. The van der Waals surface area contributed by atoms with Crippen molar-refractivity contribution in [3.63, 3.8) is 0 Å². The molecule has 1 rings (SSSR count). The highest BCUT2D eigenvalue weighted by molar-refractivity contribution is 7.89. The molecule has 0 bridgehead atoms. The van der Waals surface area contributed by atoms with E-state index < -0.39 is 10.0 Å². The molecule has 0 aromatic heterocycles. The fourth-order valence-electron chi connectivity index (χ4n) is 1.50. The lowest BCUT2D eigenvalue weighted by atomic mass is 9.98. The zero-order valence-electron chi connectivity index (χ0n) is 12.2. The fourth-order valence-corrected chi connectivity index (χ4v) is 2.96. The smallest absolute Gasteiger partial charge is 0.242 e. The van der Waals surface area contributed by atoms with Gasteiger partial charge in [0.05, 0.1) is 5.69 Å². The Bertz CT molecular complexity index is 504. The highest BCUT2D eigenvalue weighted by atomic mass is 32.2. The minimum atomic E-state index is -3.47. The molecular weight excluding hydrogens is 260 g/mol. The quantitative estimate of drug-likeness (QED) is 0.844. The van der Waals surface area contributed by atoms with E-state index in [0.717, 1.165) is 13.0 Å². The standard InChI is InChI=1S/C14H24N2O2S/c1-5-10-15-12-8-6-7-9-13(12)19(17,18)16-11-14(2,3)4/h6-9,15-16H,5,10-11H2,1-4H3. The third kappa shape index (κ3) is 5.20. The van der Waals surface area contributed by atoms with Crippen molar-refractivity contribution in [1.29, 1.82) is 0 Å². The van der Waals surface area contributed by atoms with Crippen LogP contribution < -0.4 is 10.0 Å². The average molecular weight is 284 g/mol. The molecule has 0 fully saturated rings. The van der Waals surface area contributed by atoms with E-state index in [1.54, 1.807) is 18.2 Å². The summed E-state index contributed by atoms with van der Waals surface area (Å²) in [6.07, 6.45) is 0.948. The van der Waals surface area contributed by atoms with Gasteiger partial charge in [0.15, 0.2) is 0 Å². The van der Waals surface area contributed by atoms with Crippen LogP contribution in [-0.2, 0) is 10.0 Å². The van der Waals surface area contributed by atoms with Crippen molar-refractivity contribution in [2.45, 2.75) is 39.0 Å². The fraction of sp³-hybridized carbons (Fsp3) is 0.571. The summed E-state index contributed by atoms with van der Waals surface area (Å²) in [5.74, 6) is 0. The lowest BCUT2D eigenvalue weighted by Crippen LogP contribution is -2.32. The molecule has 19 heavy (non-hydrogen) atoms. The van der Waals surface area contributed by atoms with Crippen molar-refractivity contribution in [2.24, 2.45) is 5.41 Å². The van der Waals surface area contributed by atoms with Gasteiger partial charge in [-0.15, -0.1) is 0 Å². The van der Waals surface area contributed by atoms with Gasteiger partial charge in [0.25, 0.3) is 0 Å². The Kier molecular flexibility index (Phi) is 5.38. The first-order valence-electron chi connectivity index (χ1n) is 6.59. The maximum absolute atomic E-state index is 12.3. The molecule has 0 aliphatic rings. The summed E-state index contributed by atoms with van der Waals surface area (Å²) >= 11 is 0. The number of sulfonamides is 1. The molecule has 1 aromatic rings. The molecule has 0 atom stereocenters. The zero-order valence-corrected chi connectivity index (χ0v) is 13.0.